The lowest BCUT2D eigenvalue weighted by Crippen LogP contribution is -2.33. The molecule has 0 unspecified atom stereocenters. The summed E-state index contributed by atoms with van der Waals surface area (Å²) in [4.78, 5) is 39.0. The third kappa shape index (κ3) is 3.60. The first kappa shape index (κ1) is 16.5. The molecule has 0 saturated carbocycles. The van der Waals surface area contributed by atoms with Gasteiger partial charge in [0.1, 0.15) is 6.54 Å². The molecule has 2 heterocycles. The van der Waals surface area contributed by atoms with E-state index in [1.54, 1.807) is 12.3 Å². The summed E-state index contributed by atoms with van der Waals surface area (Å²) in [6.07, 6.45) is 1.98. The van der Waals surface area contributed by atoms with Crippen LogP contribution in [-0.2, 0) is 9.53 Å². The number of hydrogen-bond acceptors (Lipinski definition) is 5. The maximum absolute atomic E-state index is 12.5. The van der Waals surface area contributed by atoms with Gasteiger partial charge >= 0.3 is 5.97 Å². The molecule has 1 atom stereocenters. The van der Waals surface area contributed by atoms with Crippen LogP contribution in [0, 0.1) is 0 Å². The molecule has 128 valence electrons. The molecule has 0 radical (unpaired) electrons. The van der Waals surface area contributed by atoms with E-state index in [9.17, 15) is 14.4 Å². The number of hydrogen-bond donors (Lipinski definition) is 2. The van der Waals surface area contributed by atoms with Gasteiger partial charge in [-0.15, -0.1) is 0 Å². The fourth-order valence-electron chi connectivity index (χ4n) is 2.43. The van der Waals surface area contributed by atoms with E-state index in [1.165, 1.54) is 19.3 Å². The molecule has 25 heavy (non-hydrogen) atoms. The summed E-state index contributed by atoms with van der Waals surface area (Å²) in [5, 5.41) is 3.13. The number of aromatic amines is 1. The maximum Gasteiger partial charge on any atom is 0.326 e. The van der Waals surface area contributed by atoms with Gasteiger partial charge in [0.2, 0.25) is 5.78 Å². The summed E-state index contributed by atoms with van der Waals surface area (Å²) in [5.74, 6) is -1.46. The molecule has 0 fully saturated rings. The number of H-pyrrole nitrogens is 1. The van der Waals surface area contributed by atoms with Crippen LogP contribution >= 0.6 is 0 Å². The van der Waals surface area contributed by atoms with Gasteiger partial charge in [0.15, 0.2) is 11.9 Å². The van der Waals surface area contributed by atoms with Crippen LogP contribution in [0.3, 0.4) is 0 Å². The summed E-state index contributed by atoms with van der Waals surface area (Å²) < 4.78 is 10.0. The second kappa shape index (κ2) is 7.04. The van der Waals surface area contributed by atoms with Crippen molar-refractivity contribution in [1.82, 2.24) is 10.3 Å². The molecule has 0 aliphatic rings. The quantitative estimate of drug-likeness (QED) is 0.530. The highest BCUT2D eigenvalue weighted by atomic mass is 16.5. The van der Waals surface area contributed by atoms with Gasteiger partial charge in [-0.1, -0.05) is 18.2 Å². The van der Waals surface area contributed by atoms with Gasteiger partial charge in [0.25, 0.3) is 5.91 Å². The highest BCUT2D eigenvalue weighted by Crippen LogP contribution is 2.19. The minimum Gasteiger partial charge on any atom is -0.459 e. The van der Waals surface area contributed by atoms with E-state index in [4.69, 9.17) is 9.15 Å². The first-order chi connectivity index (χ1) is 12.1. The van der Waals surface area contributed by atoms with E-state index < -0.39 is 18.0 Å². The molecule has 0 bridgehead atoms. The second-order valence-corrected chi connectivity index (χ2v) is 5.40. The van der Waals surface area contributed by atoms with E-state index in [-0.39, 0.29) is 18.1 Å². The number of furan rings is 1. The van der Waals surface area contributed by atoms with Crippen LogP contribution in [0.15, 0.2) is 53.3 Å². The Kier molecular flexibility index (Phi) is 4.65. The number of aromatic nitrogens is 1. The zero-order valence-electron chi connectivity index (χ0n) is 13.4. The van der Waals surface area contributed by atoms with Crippen LogP contribution in [0.1, 0.15) is 27.8 Å². The lowest BCUT2D eigenvalue weighted by atomic mass is 10.1. The molecule has 2 N–H and O–H groups in total. The minimum absolute atomic E-state index is 0.0933. The third-order valence-corrected chi connectivity index (χ3v) is 3.67. The van der Waals surface area contributed by atoms with E-state index in [0.29, 0.717) is 5.56 Å². The van der Waals surface area contributed by atoms with Crippen LogP contribution in [0.5, 0.6) is 0 Å². The van der Waals surface area contributed by atoms with Gasteiger partial charge in [0, 0.05) is 22.7 Å². The van der Waals surface area contributed by atoms with Crippen molar-refractivity contribution in [2.24, 2.45) is 0 Å². The molecule has 0 aliphatic carbocycles. The summed E-state index contributed by atoms with van der Waals surface area (Å²) in [6.45, 7) is 1.14. The molecule has 2 aromatic heterocycles. The smallest absolute Gasteiger partial charge is 0.326 e. The first-order valence-corrected chi connectivity index (χ1v) is 7.68. The van der Waals surface area contributed by atoms with E-state index in [2.05, 4.69) is 10.3 Å². The SMILES string of the molecule is C[C@@H](OC(=O)CNC(=O)c1ccco1)C(=O)c1c[nH]c2ccccc12. The lowest BCUT2D eigenvalue weighted by Gasteiger charge is -2.12. The molecule has 7 nitrogen and oxygen atoms in total. The molecule has 1 amide bonds. The van der Waals surface area contributed by atoms with Gasteiger partial charge in [0.05, 0.1) is 6.26 Å². The summed E-state index contributed by atoms with van der Waals surface area (Å²) in [7, 11) is 0. The van der Waals surface area contributed by atoms with E-state index >= 15 is 0 Å². The summed E-state index contributed by atoms with van der Waals surface area (Å²) >= 11 is 0. The number of nitrogens with one attached hydrogen (secondary N) is 2. The van der Waals surface area contributed by atoms with Crippen molar-refractivity contribution in [1.29, 1.82) is 0 Å². The number of Topliss-reactive ketones (excluding diaryl/α,β-unsaturated/α-hetero) is 1. The number of benzene rings is 1. The Morgan fingerprint density at radius 3 is 2.76 bits per heavy atom. The van der Waals surface area contributed by atoms with Crippen molar-refractivity contribution >= 4 is 28.6 Å². The third-order valence-electron chi connectivity index (χ3n) is 3.67. The molecule has 0 aliphatic heterocycles. The van der Waals surface area contributed by atoms with Gasteiger partial charge in [-0.2, -0.15) is 0 Å². The fraction of sp³-hybridized carbons (Fsp3) is 0.167. The van der Waals surface area contributed by atoms with Crippen LogP contribution in [0.2, 0.25) is 0 Å². The number of ketones is 1. The summed E-state index contributed by atoms with van der Waals surface area (Å²) in [5.41, 5.74) is 1.28. The molecule has 0 spiro atoms. The molecule has 3 rings (SSSR count). The van der Waals surface area contributed by atoms with Crippen LogP contribution in [-0.4, -0.2) is 35.3 Å². The predicted octanol–water partition coefficient (Wildman–Crippen LogP) is 2.31. The van der Waals surface area contributed by atoms with Crippen molar-refractivity contribution in [3.05, 3.63) is 60.2 Å². The molecule has 0 saturated heterocycles. The largest absolute Gasteiger partial charge is 0.459 e. The average Bonchev–Trinajstić information content (AvgIpc) is 3.28. The van der Waals surface area contributed by atoms with Crippen molar-refractivity contribution < 1.29 is 23.5 Å². The average molecular weight is 340 g/mol. The highest BCUT2D eigenvalue weighted by Gasteiger charge is 2.22. The Bertz CT molecular complexity index is 911. The van der Waals surface area contributed by atoms with Crippen LogP contribution < -0.4 is 5.32 Å². The Morgan fingerprint density at radius 2 is 2.00 bits per heavy atom. The Balaban J connectivity index is 1.57. The molecule has 3 aromatic rings. The van der Waals surface area contributed by atoms with Gasteiger partial charge in [-0.25, -0.2) is 0 Å². The monoisotopic (exact) mass is 340 g/mol. The zero-order valence-corrected chi connectivity index (χ0v) is 13.4. The van der Waals surface area contributed by atoms with Crippen LogP contribution in [0.4, 0.5) is 0 Å². The van der Waals surface area contributed by atoms with Gasteiger partial charge < -0.3 is 19.5 Å². The minimum atomic E-state index is -0.966. The number of para-hydroxylation sites is 1. The maximum atomic E-state index is 12.5. The number of amides is 1. The Hall–Kier alpha value is -3.35. The number of carbonyl (C=O) groups is 3. The lowest BCUT2D eigenvalue weighted by molar-refractivity contribution is -0.145. The number of fused-ring (bicyclic) bond motifs is 1. The highest BCUT2D eigenvalue weighted by molar-refractivity contribution is 6.10. The molecular formula is C18H16N2O5. The number of carbonyl (C=O) groups excluding carboxylic acids is 3. The molecular weight excluding hydrogens is 324 g/mol. The van der Waals surface area contributed by atoms with Crippen molar-refractivity contribution in [2.75, 3.05) is 6.54 Å². The normalized spacial score (nSPS) is 11.9. The van der Waals surface area contributed by atoms with Crippen molar-refractivity contribution in [2.45, 2.75) is 13.0 Å². The Labute approximate surface area is 143 Å². The first-order valence-electron chi connectivity index (χ1n) is 7.68. The summed E-state index contributed by atoms with van der Waals surface area (Å²) in [6, 6.07) is 10.4. The van der Waals surface area contributed by atoms with Gasteiger partial charge in [-0.3, -0.25) is 14.4 Å². The number of esters is 1. The second-order valence-electron chi connectivity index (χ2n) is 5.40. The zero-order chi connectivity index (χ0) is 17.8. The van der Waals surface area contributed by atoms with Crippen molar-refractivity contribution in [3.8, 4) is 0 Å². The standard InChI is InChI=1S/C18H16N2O5/c1-11(17(22)13-9-19-14-6-3-2-5-12(13)14)25-16(21)10-20-18(23)15-7-4-8-24-15/h2-9,11,19H,10H2,1H3,(H,20,23)/t11-/m1/s1. The number of rotatable bonds is 6. The topological polar surface area (TPSA) is 101 Å². The van der Waals surface area contributed by atoms with Crippen molar-refractivity contribution in [3.63, 3.8) is 0 Å². The molecule has 7 heteroatoms. The molecule has 1 aromatic carbocycles. The fourth-order valence-corrected chi connectivity index (χ4v) is 2.43. The Morgan fingerprint density at radius 1 is 1.20 bits per heavy atom. The van der Waals surface area contributed by atoms with Crippen LogP contribution in [0.25, 0.3) is 10.9 Å². The van der Waals surface area contributed by atoms with E-state index in [1.807, 2.05) is 24.3 Å². The van der Waals surface area contributed by atoms with E-state index in [0.717, 1.165) is 10.9 Å². The van der Waals surface area contributed by atoms with Gasteiger partial charge in [-0.05, 0) is 25.1 Å². The predicted molar refractivity (Wildman–Crippen MR) is 89.2 cm³/mol. The number of ether oxygens (including phenoxy) is 1.